The molecule has 3 aromatic carbocycles. The molecule has 0 saturated heterocycles. The first-order valence-corrected chi connectivity index (χ1v) is 7.96. The third-order valence-electron chi connectivity index (χ3n) is 3.86. The lowest BCUT2D eigenvalue weighted by Gasteiger charge is -2.10. The number of ether oxygens (including phenoxy) is 2. The summed E-state index contributed by atoms with van der Waals surface area (Å²) in [6.45, 7) is 3.62. The summed E-state index contributed by atoms with van der Waals surface area (Å²) in [5.41, 5.74) is 0.621. The van der Waals surface area contributed by atoms with Gasteiger partial charge in [0, 0.05) is 25.0 Å². The summed E-state index contributed by atoms with van der Waals surface area (Å²) >= 11 is 0. The highest BCUT2D eigenvalue weighted by Crippen LogP contribution is 2.28. The molecule has 0 aliphatic rings. The normalized spacial score (nSPS) is 11.0. The van der Waals surface area contributed by atoms with Gasteiger partial charge in [0.15, 0.2) is 0 Å². The zero-order chi connectivity index (χ0) is 16.1. The molecule has 3 nitrogen and oxygen atoms in total. The van der Waals surface area contributed by atoms with E-state index in [-0.39, 0.29) is 5.97 Å². The lowest BCUT2D eigenvalue weighted by atomic mass is 9.98. The fourth-order valence-corrected chi connectivity index (χ4v) is 2.78. The van der Waals surface area contributed by atoms with Crippen molar-refractivity contribution in [2.75, 3.05) is 19.8 Å². The van der Waals surface area contributed by atoms with Crippen molar-refractivity contribution in [1.29, 1.82) is 0 Å². The Kier molecular flexibility index (Phi) is 4.89. The third kappa shape index (κ3) is 3.35. The van der Waals surface area contributed by atoms with Crippen molar-refractivity contribution in [3.05, 3.63) is 60.2 Å². The average Bonchev–Trinajstić information content (AvgIpc) is 2.60. The van der Waals surface area contributed by atoms with Crippen LogP contribution in [0.15, 0.2) is 54.6 Å². The molecule has 3 aromatic rings. The molecule has 0 saturated carbocycles. The Bertz CT molecular complexity index is 823. The highest BCUT2D eigenvalue weighted by molar-refractivity contribution is 6.16. The van der Waals surface area contributed by atoms with Crippen LogP contribution >= 0.6 is 0 Å². The van der Waals surface area contributed by atoms with Crippen molar-refractivity contribution in [2.24, 2.45) is 0 Å². The second-order valence-corrected chi connectivity index (χ2v) is 5.38. The molecule has 118 valence electrons. The van der Waals surface area contributed by atoms with Gasteiger partial charge in [-0.25, -0.2) is 4.79 Å². The van der Waals surface area contributed by atoms with E-state index in [1.165, 1.54) is 0 Å². The first-order chi connectivity index (χ1) is 11.3. The Morgan fingerprint density at radius 1 is 0.913 bits per heavy atom. The van der Waals surface area contributed by atoms with Crippen LogP contribution < -0.4 is 0 Å². The minimum Gasteiger partial charge on any atom is -0.462 e. The highest BCUT2D eigenvalue weighted by Gasteiger charge is 2.13. The summed E-state index contributed by atoms with van der Waals surface area (Å²) in [5.74, 6) is -0.275. The van der Waals surface area contributed by atoms with Gasteiger partial charge in [0.1, 0.15) is 0 Å². The van der Waals surface area contributed by atoms with Crippen molar-refractivity contribution in [1.82, 2.24) is 0 Å². The SMILES string of the molecule is CCOCCCOC(=O)c1cccc2ccc3ccccc3c12. The molecule has 23 heavy (non-hydrogen) atoms. The van der Waals surface area contributed by atoms with E-state index in [2.05, 4.69) is 12.1 Å². The average molecular weight is 308 g/mol. The summed E-state index contributed by atoms with van der Waals surface area (Å²) in [5, 5.41) is 4.20. The molecule has 0 amide bonds. The molecule has 0 aliphatic heterocycles. The maximum atomic E-state index is 12.5. The lowest BCUT2D eigenvalue weighted by Crippen LogP contribution is -2.09. The molecule has 0 bridgehead atoms. The minimum atomic E-state index is -0.275. The number of hydrogen-bond donors (Lipinski definition) is 0. The fraction of sp³-hybridized carbons (Fsp3) is 0.250. The van der Waals surface area contributed by atoms with E-state index in [4.69, 9.17) is 9.47 Å². The summed E-state index contributed by atoms with van der Waals surface area (Å²) in [6, 6.07) is 18.0. The Labute approximate surface area is 135 Å². The van der Waals surface area contributed by atoms with Crippen LogP contribution in [-0.2, 0) is 9.47 Å². The molecular formula is C20H20O3. The molecule has 0 aromatic heterocycles. The van der Waals surface area contributed by atoms with Crippen molar-refractivity contribution < 1.29 is 14.3 Å². The van der Waals surface area contributed by atoms with E-state index in [9.17, 15) is 4.79 Å². The van der Waals surface area contributed by atoms with E-state index in [0.29, 0.717) is 31.8 Å². The minimum absolute atomic E-state index is 0.275. The standard InChI is InChI=1S/C20H20O3/c1-2-22-13-6-14-23-20(21)18-10-5-8-16-12-11-15-7-3-4-9-17(15)19(16)18/h3-5,7-12H,2,6,13-14H2,1H3. The van der Waals surface area contributed by atoms with Crippen LogP contribution in [0.25, 0.3) is 21.5 Å². The van der Waals surface area contributed by atoms with Gasteiger partial charge in [-0.15, -0.1) is 0 Å². The summed E-state index contributed by atoms with van der Waals surface area (Å²) in [6.07, 6.45) is 0.713. The molecule has 0 unspecified atom stereocenters. The smallest absolute Gasteiger partial charge is 0.338 e. The molecule has 3 rings (SSSR count). The van der Waals surface area contributed by atoms with Gasteiger partial charge in [0.05, 0.1) is 12.2 Å². The predicted molar refractivity (Wildman–Crippen MR) is 92.8 cm³/mol. The van der Waals surface area contributed by atoms with Gasteiger partial charge >= 0.3 is 5.97 Å². The van der Waals surface area contributed by atoms with Gasteiger partial charge in [-0.3, -0.25) is 0 Å². The molecular weight excluding hydrogens is 288 g/mol. The Balaban J connectivity index is 1.91. The Hall–Kier alpha value is -2.39. The van der Waals surface area contributed by atoms with E-state index in [0.717, 1.165) is 21.5 Å². The van der Waals surface area contributed by atoms with Gasteiger partial charge < -0.3 is 9.47 Å². The number of fused-ring (bicyclic) bond motifs is 3. The molecule has 0 radical (unpaired) electrons. The third-order valence-corrected chi connectivity index (χ3v) is 3.86. The van der Waals surface area contributed by atoms with Crippen LogP contribution in [0.2, 0.25) is 0 Å². The van der Waals surface area contributed by atoms with Crippen LogP contribution in [0.4, 0.5) is 0 Å². The van der Waals surface area contributed by atoms with E-state index in [1.54, 1.807) is 0 Å². The predicted octanol–water partition coefficient (Wildman–Crippen LogP) is 4.58. The van der Waals surface area contributed by atoms with E-state index in [1.807, 2.05) is 49.4 Å². The number of esters is 1. The number of carbonyl (C=O) groups excluding carboxylic acids is 1. The maximum Gasteiger partial charge on any atom is 0.338 e. The molecule has 0 atom stereocenters. The van der Waals surface area contributed by atoms with Crippen LogP contribution in [0.1, 0.15) is 23.7 Å². The van der Waals surface area contributed by atoms with Crippen molar-refractivity contribution >= 4 is 27.5 Å². The largest absolute Gasteiger partial charge is 0.462 e. The number of hydrogen-bond acceptors (Lipinski definition) is 3. The second kappa shape index (κ2) is 7.25. The molecule has 0 fully saturated rings. The van der Waals surface area contributed by atoms with Gasteiger partial charge in [-0.05, 0) is 29.1 Å². The zero-order valence-corrected chi connectivity index (χ0v) is 13.2. The van der Waals surface area contributed by atoms with Crippen LogP contribution in [0.3, 0.4) is 0 Å². The van der Waals surface area contributed by atoms with Crippen molar-refractivity contribution in [3.8, 4) is 0 Å². The summed E-state index contributed by atoms with van der Waals surface area (Å²) in [7, 11) is 0. The fourth-order valence-electron chi connectivity index (χ4n) is 2.78. The summed E-state index contributed by atoms with van der Waals surface area (Å²) in [4.78, 5) is 12.5. The van der Waals surface area contributed by atoms with Gasteiger partial charge in [0.25, 0.3) is 0 Å². The molecule has 0 N–H and O–H groups in total. The molecule has 0 spiro atoms. The van der Waals surface area contributed by atoms with Crippen LogP contribution in [-0.4, -0.2) is 25.8 Å². The van der Waals surface area contributed by atoms with E-state index < -0.39 is 0 Å². The van der Waals surface area contributed by atoms with Crippen molar-refractivity contribution in [3.63, 3.8) is 0 Å². The Morgan fingerprint density at radius 2 is 1.70 bits per heavy atom. The quantitative estimate of drug-likeness (QED) is 0.380. The number of carbonyl (C=O) groups is 1. The van der Waals surface area contributed by atoms with Crippen molar-refractivity contribution in [2.45, 2.75) is 13.3 Å². The van der Waals surface area contributed by atoms with Crippen LogP contribution in [0.5, 0.6) is 0 Å². The molecule has 0 aliphatic carbocycles. The van der Waals surface area contributed by atoms with Gasteiger partial charge in [-0.2, -0.15) is 0 Å². The molecule has 0 heterocycles. The zero-order valence-electron chi connectivity index (χ0n) is 13.2. The lowest BCUT2D eigenvalue weighted by molar-refractivity contribution is 0.0454. The topological polar surface area (TPSA) is 35.5 Å². The monoisotopic (exact) mass is 308 g/mol. The summed E-state index contributed by atoms with van der Waals surface area (Å²) < 4.78 is 10.7. The first-order valence-electron chi connectivity index (χ1n) is 7.96. The second-order valence-electron chi connectivity index (χ2n) is 5.38. The van der Waals surface area contributed by atoms with Gasteiger partial charge in [0.2, 0.25) is 0 Å². The maximum absolute atomic E-state index is 12.5. The van der Waals surface area contributed by atoms with Gasteiger partial charge in [-0.1, -0.05) is 48.5 Å². The number of benzene rings is 3. The molecule has 3 heteroatoms. The number of rotatable bonds is 6. The van der Waals surface area contributed by atoms with E-state index >= 15 is 0 Å². The Morgan fingerprint density at radius 3 is 2.57 bits per heavy atom. The first kappa shape index (κ1) is 15.5. The van der Waals surface area contributed by atoms with Crippen LogP contribution in [0, 0.1) is 0 Å². The highest BCUT2D eigenvalue weighted by atomic mass is 16.5.